The lowest BCUT2D eigenvalue weighted by molar-refractivity contribution is 0.351. The molecule has 0 spiro atoms. The number of anilines is 1. The molecular weight excluding hydrogens is 300 g/mol. The second-order valence-electron chi connectivity index (χ2n) is 5.47. The van der Waals surface area contributed by atoms with Crippen molar-refractivity contribution in [2.75, 3.05) is 11.9 Å². The summed E-state index contributed by atoms with van der Waals surface area (Å²) < 4.78 is 0.907. The standard InChI is InChI=1S/C13H20BrClN2/c1-13(2,3)7-10(8-16)17-9-4-5-11(14)12(15)6-9/h4-6,10,17H,7-8,16H2,1-3H3. The lowest BCUT2D eigenvalue weighted by Gasteiger charge is -2.26. The molecule has 0 heterocycles. The molecule has 4 heteroatoms. The van der Waals surface area contributed by atoms with Crippen molar-refractivity contribution in [2.24, 2.45) is 11.1 Å². The van der Waals surface area contributed by atoms with Crippen molar-refractivity contribution in [1.82, 2.24) is 0 Å². The van der Waals surface area contributed by atoms with Crippen LogP contribution in [0.2, 0.25) is 5.02 Å². The molecule has 1 atom stereocenters. The molecule has 2 nitrogen and oxygen atoms in total. The Morgan fingerprint density at radius 2 is 2.06 bits per heavy atom. The first-order chi connectivity index (χ1) is 7.81. The van der Waals surface area contributed by atoms with Gasteiger partial charge in [-0.1, -0.05) is 32.4 Å². The van der Waals surface area contributed by atoms with E-state index < -0.39 is 0 Å². The number of hydrogen-bond donors (Lipinski definition) is 2. The van der Waals surface area contributed by atoms with Crippen molar-refractivity contribution in [1.29, 1.82) is 0 Å². The zero-order valence-corrected chi connectivity index (χ0v) is 12.9. The fourth-order valence-corrected chi connectivity index (χ4v) is 2.18. The van der Waals surface area contributed by atoms with Crippen molar-refractivity contribution < 1.29 is 0 Å². The largest absolute Gasteiger partial charge is 0.381 e. The third kappa shape index (κ3) is 5.28. The van der Waals surface area contributed by atoms with E-state index in [0.29, 0.717) is 11.6 Å². The molecule has 3 N–H and O–H groups in total. The topological polar surface area (TPSA) is 38.0 Å². The van der Waals surface area contributed by atoms with Crippen LogP contribution in [0.1, 0.15) is 27.2 Å². The highest BCUT2D eigenvalue weighted by molar-refractivity contribution is 9.10. The van der Waals surface area contributed by atoms with Crippen LogP contribution >= 0.6 is 27.5 Å². The van der Waals surface area contributed by atoms with Gasteiger partial charge in [0.2, 0.25) is 0 Å². The summed E-state index contributed by atoms with van der Waals surface area (Å²) >= 11 is 9.43. The quantitative estimate of drug-likeness (QED) is 0.869. The van der Waals surface area contributed by atoms with Crippen LogP contribution in [0.5, 0.6) is 0 Å². The zero-order valence-electron chi connectivity index (χ0n) is 10.6. The van der Waals surface area contributed by atoms with E-state index in [9.17, 15) is 0 Å². The molecule has 0 fully saturated rings. The highest BCUT2D eigenvalue weighted by atomic mass is 79.9. The van der Waals surface area contributed by atoms with Crippen molar-refractivity contribution in [2.45, 2.75) is 33.2 Å². The molecule has 0 saturated carbocycles. The van der Waals surface area contributed by atoms with Crippen LogP contribution in [0.4, 0.5) is 5.69 Å². The van der Waals surface area contributed by atoms with Gasteiger partial charge in [-0.05, 0) is 46.0 Å². The summed E-state index contributed by atoms with van der Waals surface area (Å²) in [5.41, 5.74) is 7.06. The van der Waals surface area contributed by atoms with E-state index in [1.54, 1.807) is 0 Å². The smallest absolute Gasteiger partial charge is 0.0568 e. The minimum atomic E-state index is 0.260. The first-order valence-electron chi connectivity index (χ1n) is 5.73. The lowest BCUT2D eigenvalue weighted by atomic mass is 9.88. The Kier molecular flexibility index (Phi) is 5.29. The molecule has 1 unspecified atom stereocenters. The van der Waals surface area contributed by atoms with Gasteiger partial charge in [0.1, 0.15) is 0 Å². The second kappa shape index (κ2) is 6.07. The van der Waals surface area contributed by atoms with E-state index in [2.05, 4.69) is 42.0 Å². The Balaban J connectivity index is 2.70. The summed E-state index contributed by atoms with van der Waals surface area (Å²) in [5, 5.41) is 4.13. The molecular formula is C13H20BrClN2. The molecule has 0 aliphatic carbocycles. The molecule has 0 bridgehead atoms. The monoisotopic (exact) mass is 318 g/mol. The van der Waals surface area contributed by atoms with E-state index >= 15 is 0 Å². The Morgan fingerprint density at radius 1 is 1.41 bits per heavy atom. The molecule has 0 amide bonds. The molecule has 1 aromatic rings. The maximum absolute atomic E-state index is 6.06. The summed E-state index contributed by atoms with van der Waals surface area (Å²) in [5.74, 6) is 0. The van der Waals surface area contributed by atoms with E-state index in [1.165, 1.54) is 0 Å². The minimum absolute atomic E-state index is 0.260. The maximum atomic E-state index is 6.06. The van der Waals surface area contributed by atoms with Gasteiger partial charge in [0.25, 0.3) is 0 Å². The zero-order chi connectivity index (χ0) is 13.1. The Labute approximate surface area is 117 Å². The predicted octanol–water partition coefficient (Wildman–Crippen LogP) is 4.28. The van der Waals surface area contributed by atoms with Crippen molar-refractivity contribution in [3.8, 4) is 0 Å². The Bertz CT molecular complexity index is 374. The fraction of sp³-hybridized carbons (Fsp3) is 0.538. The van der Waals surface area contributed by atoms with Gasteiger partial charge in [-0.15, -0.1) is 0 Å². The first kappa shape index (κ1) is 14.8. The predicted molar refractivity (Wildman–Crippen MR) is 79.7 cm³/mol. The minimum Gasteiger partial charge on any atom is -0.381 e. The van der Waals surface area contributed by atoms with E-state index in [0.717, 1.165) is 16.6 Å². The number of benzene rings is 1. The molecule has 0 aromatic heterocycles. The normalized spacial score (nSPS) is 13.5. The average Bonchev–Trinajstić information content (AvgIpc) is 2.20. The fourth-order valence-electron chi connectivity index (χ4n) is 1.75. The Morgan fingerprint density at radius 3 is 2.53 bits per heavy atom. The number of rotatable bonds is 4. The molecule has 1 rings (SSSR count). The van der Waals surface area contributed by atoms with Gasteiger partial charge in [0.15, 0.2) is 0 Å². The SMILES string of the molecule is CC(C)(C)CC(CN)Nc1ccc(Br)c(Cl)c1. The summed E-state index contributed by atoms with van der Waals surface area (Å²) in [6.45, 7) is 7.26. The van der Waals surface area contributed by atoms with Gasteiger partial charge in [-0.3, -0.25) is 0 Å². The van der Waals surface area contributed by atoms with Crippen LogP contribution in [0.15, 0.2) is 22.7 Å². The summed E-state index contributed by atoms with van der Waals surface area (Å²) in [6, 6.07) is 6.13. The number of nitrogens with one attached hydrogen (secondary N) is 1. The molecule has 1 aromatic carbocycles. The van der Waals surface area contributed by atoms with Crippen LogP contribution in [0.3, 0.4) is 0 Å². The summed E-state index contributed by atoms with van der Waals surface area (Å²) in [4.78, 5) is 0. The Hall–Kier alpha value is -0.250. The highest BCUT2D eigenvalue weighted by Crippen LogP contribution is 2.27. The van der Waals surface area contributed by atoms with Crippen molar-refractivity contribution in [3.05, 3.63) is 27.7 Å². The number of hydrogen-bond acceptors (Lipinski definition) is 2. The molecule has 17 heavy (non-hydrogen) atoms. The third-order valence-corrected chi connectivity index (χ3v) is 3.67. The maximum Gasteiger partial charge on any atom is 0.0568 e. The number of halogens is 2. The van der Waals surface area contributed by atoms with E-state index in [1.807, 2.05) is 18.2 Å². The van der Waals surface area contributed by atoms with Gasteiger partial charge in [-0.2, -0.15) is 0 Å². The van der Waals surface area contributed by atoms with E-state index in [-0.39, 0.29) is 11.5 Å². The molecule has 0 radical (unpaired) electrons. The van der Waals surface area contributed by atoms with Crippen LogP contribution in [0, 0.1) is 5.41 Å². The molecule has 96 valence electrons. The van der Waals surface area contributed by atoms with Gasteiger partial charge in [0, 0.05) is 22.7 Å². The van der Waals surface area contributed by atoms with Gasteiger partial charge in [0.05, 0.1) is 5.02 Å². The first-order valence-corrected chi connectivity index (χ1v) is 6.90. The molecule has 0 aliphatic rings. The number of nitrogens with two attached hydrogens (primary N) is 1. The second-order valence-corrected chi connectivity index (χ2v) is 6.73. The average molecular weight is 320 g/mol. The van der Waals surface area contributed by atoms with Crippen LogP contribution in [-0.2, 0) is 0 Å². The van der Waals surface area contributed by atoms with Crippen molar-refractivity contribution >= 4 is 33.2 Å². The molecule has 0 saturated heterocycles. The summed E-state index contributed by atoms with van der Waals surface area (Å²) in [6.07, 6.45) is 1.02. The van der Waals surface area contributed by atoms with Crippen molar-refractivity contribution in [3.63, 3.8) is 0 Å². The molecule has 0 aliphatic heterocycles. The van der Waals surface area contributed by atoms with Crippen LogP contribution in [0.25, 0.3) is 0 Å². The van der Waals surface area contributed by atoms with Crippen LogP contribution in [-0.4, -0.2) is 12.6 Å². The summed E-state index contributed by atoms with van der Waals surface area (Å²) in [7, 11) is 0. The highest BCUT2D eigenvalue weighted by Gasteiger charge is 2.17. The van der Waals surface area contributed by atoms with E-state index in [4.69, 9.17) is 17.3 Å². The lowest BCUT2D eigenvalue weighted by Crippen LogP contribution is -2.32. The van der Waals surface area contributed by atoms with Gasteiger partial charge < -0.3 is 11.1 Å². The van der Waals surface area contributed by atoms with Crippen LogP contribution < -0.4 is 11.1 Å². The van der Waals surface area contributed by atoms with Gasteiger partial charge in [-0.25, -0.2) is 0 Å². The third-order valence-electron chi connectivity index (χ3n) is 2.43. The van der Waals surface area contributed by atoms with Gasteiger partial charge >= 0.3 is 0 Å².